The highest BCUT2D eigenvalue weighted by Crippen LogP contribution is 2.16. The molecule has 1 aliphatic heterocycles. The van der Waals surface area contributed by atoms with Gasteiger partial charge in [-0.1, -0.05) is 0 Å². The Bertz CT molecular complexity index is 159. The van der Waals surface area contributed by atoms with Crippen molar-refractivity contribution in [1.82, 2.24) is 4.90 Å². The maximum atomic E-state index is 10.5. The van der Waals surface area contributed by atoms with Crippen LogP contribution in [0.25, 0.3) is 0 Å². The van der Waals surface area contributed by atoms with Gasteiger partial charge in [0.25, 0.3) is 0 Å². The van der Waals surface area contributed by atoms with Crippen LogP contribution in [0.2, 0.25) is 0 Å². The zero-order valence-electron chi connectivity index (χ0n) is 7.58. The third-order valence-corrected chi connectivity index (χ3v) is 2.27. The van der Waals surface area contributed by atoms with Gasteiger partial charge in [0.05, 0.1) is 0 Å². The van der Waals surface area contributed by atoms with Crippen LogP contribution in [-0.4, -0.2) is 36.6 Å². The number of carbonyl (C=O) groups excluding carboxylic acids is 1. The average Bonchev–Trinajstić information content (AvgIpc) is 2.47. The summed E-state index contributed by atoms with van der Waals surface area (Å²) in [5.74, 6) is -0.189. The molecule has 0 saturated carbocycles. The highest BCUT2D eigenvalue weighted by atomic mass is 16.5. The number of hydrogen-bond donors (Lipinski definition) is 0. The summed E-state index contributed by atoms with van der Waals surface area (Å²) in [5.41, 5.74) is 0. The van der Waals surface area contributed by atoms with E-state index in [1.54, 1.807) is 0 Å². The minimum absolute atomic E-state index is 0.189. The molecule has 1 unspecified atom stereocenters. The Morgan fingerprint density at radius 3 is 3.08 bits per heavy atom. The third-order valence-electron chi connectivity index (χ3n) is 2.27. The predicted molar refractivity (Wildman–Crippen MR) is 46.6 cm³/mol. The van der Waals surface area contributed by atoms with Gasteiger partial charge >= 0.3 is 5.97 Å². The van der Waals surface area contributed by atoms with Crippen LogP contribution in [-0.2, 0) is 9.53 Å². The van der Waals surface area contributed by atoms with Gasteiger partial charge < -0.3 is 4.74 Å². The van der Waals surface area contributed by atoms with E-state index in [0.29, 0.717) is 12.6 Å². The Morgan fingerprint density at radius 2 is 2.50 bits per heavy atom. The maximum Gasteiger partial charge on any atom is 0.302 e. The smallest absolute Gasteiger partial charge is 0.302 e. The number of ether oxygens (including phenoxy) is 1. The lowest BCUT2D eigenvalue weighted by molar-refractivity contribution is -0.142. The monoisotopic (exact) mass is 170 g/mol. The Balaban J connectivity index is 2.26. The molecule has 0 aromatic rings. The van der Waals surface area contributed by atoms with Gasteiger partial charge in [-0.2, -0.15) is 0 Å². The van der Waals surface area contributed by atoms with E-state index in [1.165, 1.54) is 13.3 Å². The van der Waals surface area contributed by atoms with E-state index in [2.05, 4.69) is 11.8 Å². The molecule has 1 atom stereocenters. The molecule has 1 radical (unpaired) electrons. The number of nitrogens with zero attached hydrogens (tertiary/aromatic N) is 1. The summed E-state index contributed by atoms with van der Waals surface area (Å²) in [5, 5.41) is 0. The van der Waals surface area contributed by atoms with E-state index in [9.17, 15) is 4.79 Å². The van der Waals surface area contributed by atoms with Crippen molar-refractivity contribution < 1.29 is 9.53 Å². The first-order valence-electron chi connectivity index (χ1n) is 4.40. The fourth-order valence-corrected chi connectivity index (χ4v) is 1.59. The molecule has 0 aliphatic carbocycles. The summed E-state index contributed by atoms with van der Waals surface area (Å²) in [6.45, 7) is 7.72. The van der Waals surface area contributed by atoms with Crippen LogP contribution in [0.5, 0.6) is 0 Å². The van der Waals surface area contributed by atoms with E-state index < -0.39 is 0 Å². The van der Waals surface area contributed by atoms with Gasteiger partial charge in [0.2, 0.25) is 0 Å². The van der Waals surface area contributed by atoms with Crippen molar-refractivity contribution in [3.63, 3.8) is 0 Å². The summed E-state index contributed by atoms with van der Waals surface area (Å²) in [6, 6.07) is 0.409. The van der Waals surface area contributed by atoms with Gasteiger partial charge in [-0.15, -0.1) is 0 Å². The van der Waals surface area contributed by atoms with Crippen LogP contribution >= 0.6 is 0 Å². The lowest BCUT2D eigenvalue weighted by Crippen LogP contribution is -2.33. The van der Waals surface area contributed by atoms with E-state index in [4.69, 9.17) is 4.74 Å². The topological polar surface area (TPSA) is 29.5 Å². The van der Waals surface area contributed by atoms with Gasteiger partial charge in [0.15, 0.2) is 0 Å². The Kier molecular flexibility index (Phi) is 3.53. The van der Waals surface area contributed by atoms with Crippen LogP contribution < -0.4 is 0 Å². The molecular formula is C9H16NO2. The molecule has 1 fully saturated rings. The third kappa shape index (κ3) is 2.48. The molecule has 0 N–H and O–H groups in total. The second-order valence-corrected chi connectivity index (χ2v) is 3.13. The minimum Gasteiger partial charge on any atom is -0.464 e. The van der Waals surface area contributed by atoms with Gasteiger partial charge in [-0.25, -0.2) is 0 Å². The molecule has 1 heterocycles. The molecule has 12 heavy (non-hydrogen) atoms. The fraction of sp³-hybridized carbons (Fsp3) is 0.778. The Morgan fingerprint density at radius 1 is 1.75 bits per heavy atom. The molecule has 1 rings (SSSR count). The van der Waals surface area contributed by atoms with Crippen molar-refractivity contribution in [2.24, 2.45) is 0 Å². The lowest BCUT2D eigenvalue weighted by atomic mass is 10.2. The second kappa shape index (κ2) is 4.45. The molecule has 0 bridgehead atoms. The van der Waals surface area contributed by atoms with Crippen molar-refractivity contribution in [2.45, 2.75) is 25.8 Å². The number of esters is 1. The largest absolute Gasteiger partial charge is 0.464 e. The highest BCUT2D eigenvalue weighted by Gasteiger charge is 2.23. The van der Waals surface area contributed by atoms with Crippen molar-refractivity contribution in [1.29, 1.82) is 0 Å². The lowest BCUT2D eigenvalue weighted by Gasteiger charge is -2.21. The molecule has 3 nitrogen and oxygen atoms in total. The maximum absolute atomic E-state index is 10.5. The van der Waals surface area contributed by atoms with Crippen LogP contribution in [0.15, 0.2) is 0 Å². The summed E-state index contributed by atoms with van der Waals surface area (Å²) in [4.78, 5) is 12.8. The SMILES string of the molecule is [CH2]CN1CCCC1COC(C)=O. The van der Waals surface area contributed by atoms with E-state index in [0.717, 1.165) is 19.5 Å². The zero-order chi connectivity index (χ0) is 8.97. The Hall–Kier alpha value is -0.570. The molecule has 1 aliphatic rings. The van der Waals surface area contributed by atoms with E-state index in [1.807, 2.05) is 0 Å². The van der Waals surface area contributed by atoms with Crippen molar-refractivity contribution in [2.75, 3.05) is 19.7 Å². The first-order valence-corrected chi connectivity index (χ1v) is 4.40. The molecule has 69 valence electrons. The minimum atomic E-state index is -0.189. The fourth-order valence-electron chi connectivity index (χ4n) is 1.59. The Labute approximate surface area is 73.7 Å². The first-order chi connectivity index (χ1) is 5.74. The van der Waals surface area contributed by atoms with Crippen molar-refractivity contribution in [3.8, 4) is 0 Å². The van der Waals surface area contributed by atoms with E-state index >= 15 is 0 Å². The number of carbonyl (C=O) groups is 1. The van der Waals surface area contributed by atoms with Gasteiger partial charge in [0, 0.05) is 13.0 Å². The molecule has 1 saturated heterocycles. The number of rotatable bonds is 3. The normalized spacial score (nSPS) is 24.3. The summed E-state index contributed by atoms with van der Waals surface area (Å²) in [6.07, 6.45) is 2.32. The van der Waals surface area contributed by atoms with E-state index in [-0.39, 0.29) is 5.97 Å². The summed E-state index contributed by atoms with van der Waals surface area (Å²) < 4.78 is 4.95. The van der Waals surface area contributed by atoms with Gasteiger partial charge in [-0.05, 0) is 32.9 Å². The average molecular weight is 170 g/mol. The van der Waals surface area contributed by atoms with Crippen molar-refractivity contribution in [3.05, 3.63) is 6.92 Å². The molecule has 0 aromatic carbocycles. The van der Waals surface area contributed by atoms with Crippen LogP contribution in [0.4, 0.5) is 0 Å². The molecule has 3 heteroatoms. The number of hydrogen-bond acceptors (Lipinski definition) is 3. The molecule has 0 aromatic heterocycles. The second-order valence-electron chi connectivity index (χ2n) is 3.13. The molecular weight excluding hydrogens is 154 g/mol. The zero-order valence-corrected chi connectivity index (χ0v) is 7.58. The predicted octanol–water partition coefficient (Wildman–Crippen LogP) is 0.848. The first kappa shape index (κ1) is 9.52. The van der Waals surface area contributed by atoms with Gasteiger partial charge in [0.1, 0.15) is 6.61 Å². The van der Waals surface area contributed by atoms with Crippen LogP contribution in [0.3, 0.4) is 0 Å². The molecule has 0 spiro atoms. The standard InChI is InChI=1S/C9H16NO2/c1-3-10-6-4-5-9(10)7-12-8(2)11/h9H,1,3-7H2,2H3. The summed E-state index contributed by atoms with van der Waals surface area (Å²) >= 11 is 0. The van der Waals surface area contributed by atoms with Gasteiger partial charge in [-0.3, -0.25) is 9.69 Å². The van der Waals surface area contributed by atoms with Crippen LogP contribution in [0, 0.1) is 6.92 Å². The molecule has 0 amide bonds. The highest BCUT2D eigenvalue weighted by molar-refractivity contribution is 5.65. The van der Waals surface area contributed by atoms with Crippen LogP contribution in [0.1, 0.15) is 19.8 Å². The quantitative estimate of drug-likeness (QED) is 0.588. The summed E-state index contributed by atoms with van der Waals surface area (Å²) in [7, 11) is 0. The van der Waals surface area contributed by atoms with Crippen molar-refractivity contribution >= 4 is 5.97 Å². The number of likely N-dealkylation sites (tertiary alicyclic amines) is 1.